The lowest BCUT2D eigenvalue weighted by atomic mass is 9.81. The van der Waals surface area contributed by atoms with Gasteiger partial charge in [0.2, 0.25) is 17.6 Å². The molecule has 0 unspecified atom stereocenters. The summed E-state index contributed by atoms with van der Waals surface area (Å²) in [7, 11) is 0. The molecule has 14 heteroatoms. The molecule has 2 aromatic heterocycles. The van der Waals surface area contributed by atoms with Gasteiger partial charge in [0.25, 0.3) is 5.91 Å². The minimum Gasteiger partial charge on any atom is -0.379 e. The second-order valence-corrected chi connectivity index (χ2v) is 15.2. The van der Waals surface area contributed by atoms with Crippen LogP contribution in [-0.4, -0.2) is 99.2 Å². The van der Waals surface area contributed by atoms with Gasteiger partial charge in [-0.15, -0.1) is 10.2 Å². The van der Waals surface area contributed by atoms with Gasteiger partial charge in [0.05, 0.1) is 13.2 Å². The number of morpholine rings is 1. The van der Waals surface area contributed by atoms with Gasteiger partial charge < -0.3 is 26.4 Å². The first-order chi connectivity index (χ1) is 26.8. The van der Waals surface area contributed by atoms with Crippen LogP contribution in [-0.2, 0) is 20.7 Å². The molecule has 2 aromatic carbocycles. The lowest BCUT2D eigenvalue weighted by molar-refractivity contribution is -0.130. The number of hydrogen-bond donors (Lipinski definition) is 5. The number of nitrogens with two attached hydrogens (primary N) is 1. The predicted molar refractivity (Wildman–Crippen MR) is 209 cm³/mol. The molecule has 3 fully saturated rings. The highest BCUT2D eigenvalue weighted by atomic mass is 16.5. The Balaban J connectivity index is 0.980. The van der Waals surface area contributed by atoms with Crippen LogP contribution in [0.1, 0.15) is 73.0 Å². The number of aromatic amines is 1. The molecule has 0 bridgehead atoms. The van der Waals surface area contributed by atoms with E-state index in [0.29, 0.717) is 42.1 Å². The van der Waals surface area contributed by atoms with Crippen LogP contribution in [0.15, 0.2) is 60.8 Å². The standard InChI is InChI=1S/C41H52N10O4/c1-26-22-36(40(53)44-33-14-16-34(17-15-33)51-18-20-55-21-19-51)43-25-35(26)29-6-2-27(3-7-29)23-37(46-39(52)31-8-4-28(24-42)5-9-31)41(54)45-32-12-10-30(11-13-32)38-47-49-50-48-38/h2-3,6-7,10-13,22,25,28,31,33-34,37H,4-5,8-9,14-21,23-24,42H2,1H3,(H,44,53)(H,45,54)(H,46,52)(H,47,48,49,50)/t28?,31?,33?,34?,37-/m0/s1. The Kier molecular flexibility index (Phi) is 12.6. The first-order valence-corrected chi connectivity index (χ1v) is 19.7. The molecule has 3 amide bonds. The number of tetrazole rings is 1. The molecular formula is C41H52N10O4. The Bertz CT molecular complexity index is 1880. The maximum Gasteiger partial charge on any atom is 0.270 e. The Morgan fingerprint density at radius 1 is 0.927 bits per heavy atom. The second-order valence-electron chi connectivity index (χ2n) is 15.2. The van der Waals surface area contributed by atoms with E-state index in [1.807, 2.05) is 37.3 Å². The molecule has 14 nitrogen and oxygen atoms in total. The molecule has 2 aliphatic carbocycles. The monoisotopic (exact) mass is 748 g/mol. The van der Waals surface area contributed by atoms with Crippen molar-refractivity contribution in [1.29, 1.82) is 0 Å². The van der Waals surface area contributed by atoms with Gasteiger partial charge in [0.15, 0.2) is 0 Å². The van der Waals surface area contributed by atoms with Gasteiger partial charge in [-0.05, 0) is 123 Å². The van der Waals surface area contributed by atoms with E-state index >= 15 is 0 Å². The van der Waals surface area contributed by atoms with E-state index in [-0.39, 0.29) is 29.7 Å². The number of amides is 3. The zero-order valence-electron chi connectivity index (χ0n) is 31.5. The SMILES string of the molecule is Cc1cc(C(=O)NC2CCC(N3CCOCC3)CC2)ncc1-c1ccc(C[C@H](NC(=O)C2CCC(CN)CC2)C(=O)Nc2ccc(-c3nn[nH]n3)cc2)cc1. The summed E-state index contributed by atoms with van der Waals surface area (Å²) < 4.78 is 5.51. The maximum atomic E-state index is 13.7. The molecule has 1 atom stereocenters. The smallest absolute Gasteiger partial charge is 0.270 e. The van der Waals surface area contributed by atoms with E-state index in [9.17, 15) is 14.4 Å². The Labute approximate surface area is 321 Å². The first-order valence-electron chi connectivity index (χ1n) is 19.7. The number of benzene rings is 2. The van der Waals surface area contributed by atoms with E-state index in [0.717, 1.165) is 105 Å². The lowest BCUT2D eigenvalue weighted by Gasteiger charge is -2.38. The van der Waals surface area contributed by atoms with Crippen LogP contribution in [0.5, 0.6) is 0 Å². The van der Waals surface area contributed by atoms with Gasteiger partial charge in [0, 0.05) is 60.5 Å². The van der Waals surface area contributed by atoms with Crippen molar-refractivity contribution in [3.63, 3.8) is 0 Å². The van der Waals surface area contributed by atoms with Crippen molar-refractivity contribution in [2.24, 2.45) is 17.6 Å². The van der Waals surface area contributed by atoms with E-state index < -0.39 is 6.04 Å². The van der Waals surface area contributed by atoms with Crippen LogP contribution in [0.3, 0.4) is 0 Å². The molecular weight excluding hydrogens is 697 g/mol. The fraction of sp³-hybridized carbons (Fsp3) is 0.488. The molecule has 1 saturated heterocycles. The Hall–Kier alpha value is -5.05. The van der Waals surface area contributed by atoms with Gasteiger partial charge in [-0.3, -0.25) is 24.3 Å². The van der Waals surface area contributed by atoms with Crippen LogP contribution in [0, 0.1) is 18.8 Å². The summed E-state index contributed by atoms with van der Waals surface area (Å²) in [6.45, 7) is 6.22. The lowest BCUT2D eigenvalue weighted by Crippen LogP contribution is -2.48. The predicted octanol–water partition coefficient (Wildman–Crippen LogP) is 4.04. The molecule has 1 aliphatic heterocycles. The highest BCUT2D eigenvalue weighted by Crippen LogP contribution is 2.29. The first kappa shape index (κ1) is 38.2. The molecule has 7 rings (SSSR count). The molecule has 6 N–H and O–H groups in total. The summed E-state index contributed by atoms with van der Waals surface area (Å²) in [5, 5.41) is 23.3. The number of nitrogens with one attached hydrogen (secondary N) is 4. The van der Waals surface area contributed by atoms with Crippen molar-refractivity contribution in [3.05, 3.63) is 77.6 Å². The minimum absolute atomic E-state index is 0.105. The molecule has 2 saturated carbocycles. The third-order valence-electron chi connectivity index (χ3n) is 11.6. The number of carbonyl (C=O) groups is 3. The van der Waals surface area contributed by atoms with Crippen molar-refractivity contribution < 1.29 is 19.1 Å². The number of anilines is 1. The highest BCUT2D eigenvalue weighted by Gasteiger charge is 2.30. The van der Waals surface area contributed by atoms with E-state index in [1.165, 1.54) is 0 Å². The number of H-pyrrole nitrogens is 1. The van der Waals surface area contributed by atoms with Crippen LogP contribution >= 0.6 is 0 Å². The number of hydrogen-bond acceptors (Lipinski definition) is 10. The highest BCUT2D eigenvalue weighted by molar-refractivity contribution is 5.98. The third kappa shape index (κ3) is 9.80. The number of ether oxygens (including phenoxy) is 1. The fourth-order valence-electron chi connectivity index (χ4n) is 8.20. The fourth-order valence-corrected chi connectivity index (χ4v) is 8.20. The molecule has 290 valence electrons. The van der Waals surface area contributed by atoms with Crippen LogP contribution < -0.4 is 21.7 Å². The number of nitrogens with zero attached hydrogens (tertiary/aromatic N) is 5. The van der Waals surface area contributed by atoms with Gasteiger partial charge in [0.1, 0.15) is 11.7 Å². The summed E-state index contributed by atoms with van der Waals surface area (Å²) in [6, 6.07) is 16.9. The Morgan fingerprint density at radius 3 is 2.29 bits per heavy atom. The van der Waals surface area contributed by atoms with E-state index in [4.69, 9.17) is 10.5 Å². The summed E-state index contributed by atoms with van der Waals surface area (Å²) >= 11 is 0. The average molecular weight is 749 g/mol. The zero-order chi connectivity index (χ0) is 38.1. The molecule has 0 radical (unpaired) electrons. The summed E-state index contributed by atoms with van der Waals surface area (Å²) in [5.41, 5.74) is 11.4. The maximum absolute atomic E-state index is 13.7. The van der Waals surface area contributed by atoms with Crippen molar-refractivity contribution in [2.45, 2.75) is 82.8 Å². The topological polar surface area (TPSA) is 193 Å². The number of rotatable bonds is 12. The van der Waals surface area contributed by atoms with Crippen molar-refractivity contribution in [1.82, 2.24) is 41.1 Å². The van der Waals surface area contributed by atoms with Crippen molar-refractivity contribution in [2.75, 3.05) is 38.2 Å². The van der Waals surface area contributed by atoms with Gasteiger partial charge in [-0.2, -0.15) is 5.21 Å². The third-order valence-corrected chi connectivity index (χ3v) is 11.6. The molecule has 3 aliphatic rings. The largest absolute Gasteiger partial charge is 0.379 e. The summed E-state index contributed by atoms with van der Waals surface area (Å²) in [4.78, 5) is 47.5. The number of aryl methyl sites for hydroxylation is 1. The van der Waals surface area contributed by atoms with Crippen molar-refractivity contribution in [3.8, 4) is 22.5 Å². The molecule has 0 spiro atoms. The number of carbonyl (C=O) groups excluding carboxylic acids is 3. The normalized spacial score (nSPS) is 22.4. The minimum atomic E-state index is -0.793. The quantitative estimate of drug-likeness (QED) is 0.141. The van der Waals surface area contributed by atoms with Gasteiger partial charge in [-0.1, -0.05) is 24.3 Å². The van der Waals surface area contributed by atoms with Crippen LogP contribution in [0.4, 0.5) is 5.69 Å². The molecule has 3 heterocycles. The van der Waals surface area contributed by atoms with E-state index in [2.05, 4.69) is 46.5 Å². The van der Waals surface area contributed by atoms with Gasteiger partial charge >= 0.3 is 0 Å². The Morgan fingerprint density at radius 2 is 1.64 bits per heavy atom. The zero-order valence-corrected chi connectivity index (χ0v) is 31.5. The van der Waals surface area contributed by atoms with E-state index in [1.54, 1.807) is 30.5 Å². The van der Waals surface area contributed by atoms with Crippen molar-refractivity contribution >= 4 is 23.4 Å². The van der Waals surface area contributed by atoms with Crippen LogP contribution in [0.25, 0.3) is 22.5 Å². The summed E-state index contributed by atoms with van der Waals surface area (Å²) in [5.74, 6) is 0.203. The molecule has 4 aromatic rings. The second kappa shape index (κ2) is 18.1. The van der Waals surface area contributed by atoms with Crippen LogP contribution in [0.2, 0.25) is 0 Å². The number of aromatic nitrogens is 5. The van der Waals surface area contributed by atoms with Gasteiger partial charge in [-0.25, -0.2) is 0 Å². The summed E-state index contributed by atoms with van der Waals surface area (Å²) in [6.07, 6.45) is 9.51. The number of pyridine rings is 1. The average Bonchev–Trinajstić information content (AvgIpc) is 3.77. The molecule has 55 heavy (non-hydrogen) atoms.